The second-order valence-electron chi connectivity index (χ2n) is 7.75. The molecule has 0 aromatic carbocycles. The number of hydrogen-bond acceptors (Lipinski definition) is 6. The van der Waals surface area contributed by atoms with E-state index in [-0.39, 0.29) is 17.7 Å². The molecule has 0 radical (unpaired) electrons. The van der Waals surface area contributed by atoms with Gasteiger partial charge in [-0.3, -0.25) is 9.59 Å². The molecular formula is C22H30N4O3S. The molecule has 7 nitrogen and oxygen atoms in total. The second kappa shape index (κ2) is 10.6. The molecule has 1 aliphatic heterocycles. The first-order valence-electron chi connectivity index (χ1n) is 10.5. The van der Waals surface area contributed by atoms with E-state index in [0.717, 1.165) is 30.8 Å². The van der Waals surface area contributed by atoms with Gasteiger partial charge in [-0.05, 0) is 38.3 Å². The molecule has 0 spiro atoms. The van der Waals surface area contributed by atoms with Gasteiger partial charge in [-0.15, -0.1) is 0 Å². The Morgan fingerprint density at radius 2 is 2.10 bits per heavy atom. The number of carbonyl (C=O) groups excluding carboxylic acids is 2. The largest absolute Gasteiger partial charge is 0.361 e. The van der Waals surface area contributed by atoms with Crippen LogP contribution in [0.3, 0.4) is 0 Å². The lowest BCUT2D eigenvalue weighted by Gasteiger charge is -2.33. The van der Waals surface area contributed by atoms with Gasteiger partial charge >= 0.3 is 0 Å². The third-order valence-corrected chi connectivity index (χ3v) is 6.43. The molecule has 2 aromatic heterocycles. The van der Waals surface area contributed by atoms with Crippen molar-refractivity contribution in [2.75, 3.05) is 26.7 Å². The molecule has 0 atom stereocenters. The molecule has 0 N–H and O–H groups in total. The number of nitrogens with zero attached hydrogens (tertiary/aromatic N) is 4. The van der Waals surface area contributed by atoms with E-state index in [2.05, 4.69) is 17.1 Å². The molecule has 30 heavy (non-hydrogen) atoms. The number of aryl methyl sites for hydroxylation is 1. The Bertz CT molecular complexity index is 862. The number of pyridine rings is 1. The Morgan fingerprint density at radius 3 is 2.77 bits per heavy atom. The highest BCUT2D eigenvalue weighted by Gasteiger charge is 2.30. The number of amides is 2. The Kier molecular flexibility index (Phi) is 7.90. The number of thioether (sulfide) groups is 1. The number of rotatable bonds is 8. The molecule has 8 heteroatoms. The van der Waals surface area contributed by atoms with Gasteiger partial charge in [0.25, 0.3) is 5.91 Å². The molecule has 0 aliphatic carbocycles. The zero-order valence-electron chi connectivity index (χ0n) is 18.0. The van der Waals surface area contributed by atoms with Gasteiger partial charge in [0, 0.05) is 50.6 Å². The lowest BCUT2D eigenvalue weighted by Crippen LogP contribution is -2.43. The maximum absolute atomic E-state index is 13.1. The van der Waals surface area contributed by atoms with Gasteiger partial charge in [-0.2, -0.15) is 0 Å². The van der Waals surface area contributed by atoms with Gasteiger partial charge in [0.2, 0.25) is 5.91 Å². The number of carbonyl (C=O) groups is 2. The van der Waals surface area contributed by atoms with Crippen LogP contribution in [0.5, 0.6) is 0 Å². The second-order valence-corrected chi connectivity index (χ2v) is 8.72. The summed E-state index contributed by atoms with van der Waals surface area (Å²) in [7, 11) is 1.88. The van der Waals surface area contributed by atoms with Crippen molar-refractivity contribution in [2.24, 2.45) is 5.92 Å². The highest BCUT2D eigenvalue weighted by atomic mass is 32.2. The zero-order valence-corrected chi connectivity index (χ0v) is 18.8. The van der Waals surface area contributed by atoms with Crippen molar-refractivity contribution in [1.82, 2.24) is 19.9 Å². The highest BCUT2D eigenvalue weighted by molar-refractivity contribution is 7.98. The zero-order chi connectivity index (χ0) is 21.5. The smallest absolute Gasteiger partial charge is 0.256 e. The van der Waals surface area contributed by atoms with E-state index >= 15 is 0 Å². The fourth-order valence-electron chi connectivity index (χ4n) is 3.61. The van der Waals surface area contributed by atoms with Crippen LogP contribution < -0.4 is 0 Å². The first-order chi connectivity index (χ1) is 14.5. The quantitative estimate of drug-likeness (QED) is 0.593. The molecule has 1 fully saturated rings. The maximum atomic E-state index is 13.1. The molecule has 162 valence electrons. The highest BCUT2D eigenvalue weighted by Crippen LogP contribution is 2.27. The van der Waals surface area contributed by atoms with Gasteiger partial charge in [0.1, 0.15) is 10.8 Å². The van der Waals surface area contributed by atoms with Crippen LogP contribution in [0.1, 0.15) is 54.4 Å². The van der Waals surface area contributed by atoms with E-state index in [4.69, 9.17) is 4.52 Å². The first-order valence-corrected chi connectivity index (χ1v) is 11.5. The van der Waals surface area contributed by atoms with Crippen LogP contribution in [0.15, 0.2) is 33.9 Å². The number of aromatic nitrogens is 2. The SMILES string of the molecule is CCCCN(C)C(=O)C1CCN(C(=O)c2cccnc2SCc2cc(C)on2)CC1. The topological polar surface area (TPSA) is 79.5 Å². The van der Waals surface area contributed by atoms with Crippen molar-refractivity contribution in [1.29, 1.82) is 0 Å². The number of piperidine rings is 1. The van der Waals surface area contributed by atoms with Gasteiger partial charge in [0.05, 0.1) is 11.3 Å². The van der Waals surface area contributed by atoms with Gasteiger partial charge in [-0.25, -0.2) is 4.98 Å². The van der Waals surface area contributed by atoms with Crippen LogP contribution >= 0.6 is 11.8 Å². The molecular weight excluding hydrogens is 400 g/mol. The summed E-state index contributed by atoms with van der Waals surface area (Å²) in [6, 6.07) is 5.49. The van der Waals surface area contributed by atoms with E-state index in [9.17, 15) is 9.59 Å². The predicted octanol–water partition coefficient (Wildman–Crippen LogP) is 3.78. The lowest BCUT2D eigenvalue weighted by molar-refractivity contribution is -0.135. The number of likely N-dealkylation sites (tertiary alicyclic amines) is 1. The average molecular weight is 431 g/mol. The minimum absolute atomic E-state index is 0.00838. The predicted molar refractivity (Wildman–Crippen MR) is 116 cm³/mol. The third kappa shape index (κ3) is 5.62. The van der Waals surface area contributed by atoms with Crippen LogP contribution in [-0.2, 0) is 10.5 Å². The summed E-state index contributed by atoms with van der Waals surface area (Å²) in [5, 5.41) is 4.69. The van der Waals surface area contributed by atoms with Crippen molar-refractivity contribution in [3.05, 3.63) is 41.4 Å². The minimum atomic E-state index is -0.0211. The average Bonchev–Trinajstić information content (AvgIpc) is 3.20. The normalized spacial score (nSPS) is 14.7. The lowest BCUT2D eigenvalue weighted by atomic mass is 9.95. The summed E-state index contributed by atoms with van der Waals surface area (Å²) < 4.78 is 5.10. The van der Waals surface area contributed by atoms with Gasteiger partial charge < -0.3 is 14.3 Å². The summed E-state index contributed by atoms with van der Waals surface area (Å²) in [5.74, 6) is 1.55. The molecule has 0 bridgehead atoms. The molecule has 0 saturated carbocycles. The molecule has 0 unspecified atom stereocenters. The van der Waals surface area contributed by atoms with E-state index in [1.165, 1.54) is 11.8 Å². The number of unbranched alkanes of at least 4 members (excludes halogenated alkanes) is 1. The maximum Gasteiger partial charge on any atom is 0.256 e. The van der Waals surface area contributed by atoms with Crippen LogP contribution in [0.2, 0.25) is 0 Å². The van der Waals surface area contributed by atoms with Crippen molar-refractivity contribution in [3.63, 3.8) is 0 Å². The molecule has 3 rings (SSSR count). The minimum Gasteiger partial charge on any atom is -0.361 e. The van der Waals surface area contributed by atoms with Crippen molar-refractivity contribution in [2.45, 2.75) is 50.3 Å². The Morgan fingerprint density at radius 1 is 1.33 bits per heavy atom. The van der Waals surface area contributed by atoms with Crippen LogP contribution in [-0.4, -0.2) is 58.4 Å². The molecule has 1 aliphatic rings. The first kappa shape index (κ1) is 22.3. The molecule has 3 heterocycles. The van der Waals surface area contributed by atoms with Gasteiger partial charge in [0.15, 0.2) is 0 Å². The van der Waals surface area contributed by atoms with Gasteiger partial charge in [-0.1, -0.05) is 30.3 Å². The Labute approximate surface area is 182 Å². The monoisotopic (exact) mass is 430 g/mol. The third-order valence-electron chi connectivity index (χ3n) is 5.39. The standard InChI is InChI=1S/C22H30N4O3S/c1-4-5-11-25(3)21(27)17-8-12-26(13-9-17)22(28)19-7-6-10-23-20(19)30-15-18-14-16(2)29-24-18/h6-7,10,14,17H,4-5,8-9,11-13,15H2,1-3H3. The molecule has 2 amide bonds. The summed E-state index contributed by atoms with van der Waals surface area (Å²) in [6.07, 6.45) is 5.22. The van der Waals surface area contributed by atoms with Crippen molar-refractivity contribution >= 4 is 23.6 Å². The fourth-order valence-corrected chi connectivity index (χ4v) is 4.48. The fraction of sp³-hybridized carbons (Fsp3) is 0.545. The Hall–Kier alpha value is -2.35. The van der Waals surface area contributed by atoms with Crippen LogP contribution in [0.25, 0.3) is 0 Å². The summed E-state index contributed by atoms with van der Waals surface area (Å²) >= 11 is 1.48. The summed E-state index contributed by atoms with van der Waals surface area (Å²) in [6.45, 7) is 5.97. The van der Waals surface area contributed by atoms with Crippen molar-refractivity contribution in [3.8, 4) is 0 Å². The van der Waals surface area contributed by atoms with E-state index in [0.29, 0.717) is 42.3 Å². The Balaban J connectivity index is 1.58. The molecule has 2 aromatic rings. The van der Waals surface area contributed by atoms with Crippen molar-refractivity contribution < 1.29 is 14.1 Å². The van der Waals surface area contributed by atoms with Crippen LogP contribution in [0, 0.1) is 12.8 Å². The molecule has 1 saturated heterocycles. The van der Waals surface area contributed by atoms with E-state index in [1.807, 2.05) is 35.9 Å². The van der Waals surface area contributed by atoms with E-state index in [1.54, 1.807) is 12.3 Å². The summed E-state index contributed by atoms with van der Waals surface area (Å²) in [4.78, 5) is 33.8. The number of hydrogen-bond donors (Lipinski definition) is 0. The van der Waals surface area contributed by atoms with Crippen LogP contribution in [0.4, 0.5) is 0 Å². The summed E-state index contributed by atoms with van der Waals surface area (Å²) in [5.41, 5.74) is 1.43. The van der Waals surface area contributed by atoms with E-state index < -0.39 is 0 Å².